The number of likely N-dealkylation sites (N-methyl/N-ethyl adjacent to an activating group) is 1. The van der Waals surface area contributed by atoms with Crippen molar-refractivity contribution < 1.29 is 43.5 Å². The van der Waals surface area contributed by atoms with Crippen LogP contribution in [0.4, 0.5) is 0 Å². The van der Waals surface area contributed by atoms with E-state index in [4.69, 9.17) is 0 Å². The van der Waals surface area contributed by atoms with Crippen molar-refractivity contribution in [3.8, 4) is 0 Å². The number of nitrogens with one attached hydrogen (secondary N) is 8. The number of aliphatic carboxylic acids is 1. The molecule has 1 aliphatic heterocycles. The van der Waals surface area contributed by atoms with Gasteiger partial charge in [-0.2, -0.15) is 0 Å². The molecule has 5 rings (SSSR count). The van der Waals surface area contributed by atoms with Gasteiger partial charge in [-0.25, -0.2) is 0 Å². The summed E-state index contributed by atoms with van der Waals surface area (Å²) in [6.07, 6.45) is 4.03. The van der Waals surface area contributed by atoms with E-state index in [9.17, 15) is 43.5 Å². The first-order valence-electron chi connectivity index (χ1n) is 20.9. The highest BCUT2D eigenvalue weighted by atomic mass is 16.4. The minimum atomic E-state index is -1.65. The molecule has 3 heterocycles. The van der Waals surface area contributed by atoms with E-state index in [0.717, 1.165) is 27.4 Å². The number of hydrogen-bond donors (Lipinski definition) is 9. The number of benzene rings is 2. The van der Waals surface area contributed by atoms with Crippen LogP contribution >= 0.6 is 0 Å². The molecule has 0 radical (unpaired) electrons. The van der Waals surface area contributed by atoms with Crippen molar-refractivity contribution >= 4 is 69.0 Å². The van der Waals surface area contributed by atoms with Gasteiger partial charge in [0.25, 0.3) is 0 Å². The number of Topliss-reactive ketones (excluding diaryl/α,β-unsaturated/α-hetero) is 1. The average molecular weight is 868 g/mol. The Kier molecular flexibility index (Phi) is 16.0. The molecule has 1 fully saturated rings. The Labute approximate surface area is 364 Å². The predicted octanol–water partition coefficient (Wildman–Crippen LogP) is 1.36. The van der Waals surface area contributed by atoms with Crippen LogP contribution in [0.3, 0.4) is 0 Å². The summed E-state index contributed by atoms with van der Waals surface area (Å²) in [4.78, 5) is 114. The molecule has 63 heavy (non-hydrogen) atoms. The molecule has 9 N–H and O–H groups in total. The van der Waals surface area contributed by atoms with E-state index in [1.807, 2.05) is 54.7 Å². The summed E-state index contributed by atoms with van der Waals surface area (Å²) in [5.41, 5.74) is 3.54. The Morgan fingerprint density at radius 1 is 0.762 bits per heavy atom. The summed E-state index contributed by atoms with van der Waals surface area (Å²) in [5, 5.41) is 27.2. The van der Waals surface area contributed by atoms with Crippen LogP contribution in [0.25, 0.3) is 21.8 Å². The fraction of sp³-hybridized carbons (Fsp3) is 0.422. The third-order valence-electron chi connectivity index (χ3n) is 11.2. The number of aromatic nitrogens is 2. The number of rotatable bonds is 21. The first-order chi connectivity index (χ1) is 30.0. The summed E-state index contributed by atoms with van der Waals surface area (Å²) >= 11 is 0. The van der Waals surface area contributed by atoms with Crippen molar-refractivity contribution in [2.75, 3.05) is 20.1 Å². The number of nitrogens with zero attached hydrogens (tertiary/aromatic N) is 1. The number of carbonyl (C=O) groups excluding carboxylic acids is 7. The molecule has 1 aliphatic rings. The molecule has 0 aliphatic carbocycles. The molecule has 18 heteroatoms. The number of hydrogen-bond acceptors (Lipinski definition) is 9. The monoisotopic (exact) mass is 867 g/mol. The quantitative estimate of drug-likeness (QED) is 0.0544. The molecule has 2 aromatic heterocycles. The molecular weight excluding hydrogens is 811 g/mol. The predicted molar refractivity (Wildman–Crippen MR) is 235 cm³/mol. The first kappa shape index (κ1) is 47.2. The molecule has 336 valence electrons. The first-order valence-corrected chi connectivity index (χ1v) is 20.9. The number of likely N-dealkylation sites (tertiary alicyclic amines) is 1. The van der Waals surface area contributed by atoms with Gasteiger partial charge in [0.15, 0.2) is 5.78 Å². The van der Waals surface area contributed by atoms with Gasteiger partial charge in [0, 0.05) is 47.2 Å². The average Bonchev–Trinajstić information content (AvgIpc) is 4.01. The zero-order valence-electron chi connectivity index (χ0n) is 36.1. The number of carboxylic acids is 1. The zero-order chi connectivity index (χ0) is 46.0. The van der Waals surface area contributed by atoms with Crippen molar-refractivity contribution in [3.05, 3.63) is 84.2 Å². The number of amides is 6. The SMILES string of the molecule is C=C(C)[C@H](NC(=O)[C@H](Cc1c[nH]c2ccccc12)NC(=O)CNC(=O)[C@H](CC(=O)O)NC(=O)[C@@H](NC(=O)[C@H](Cc1c[nH]c2ccccc12)NC)C(C)C)C(=O)N1CCC[C@H]1C(C)=O. The Bertz CT molecular complexity index is 2370. The molecule has 0 bridgehead atoms. The maximum Gasteiger partial charge on any atom is 0.305 e. The van der Waals surface area contributed by atoms with E-state index in [0.29, 0.717) is 36.9 Å². The number of fused-ring (bicyclic) bond motifs is 2. The van der Waals surface area contributed by atoms with E-state index in [1.54, 1.807) is 34.0 Å². The zero-order valence-corrected chi connectivity index (χ0v) is 36.1. The van der Waals surface area contributed by atoms with Crippen LogP contribution in [-0.2, 0) is 51.2 Å². The van der Waals surface area contributed by atoms with E-state index < -0.39 is 96.5 Å². The van der Waals surface area contributed by atoms with E-state index in [-0.39, 0.29) is 12.2 Å². The molecule has 18 nitrogen and oxygen atoms in total. The van der Waals surface area contributed by atoms with Gasteiger partial charge < -0.3 is 51.9 Å². The lowest BCUT2D eigenvalue weighted by Crippen LogP contribution is -2.59. The van der Waals surface area contributed by atoms with Gasteiger partial charge in [-0.15, -0.1) is 0 Å². The molecule has 0 spiro atoms. The molecule has 2 aromatic carbocycles. The molecule has 1 saturated heterocycles. The van der Waals surface area contributed by atoms with Crippen LogP contribution < -0.4 is 31.9 Å². The molecule has 6 amide bonds. The standard InChI is InChI=1S/C45H57N9O9/c1-24(2)39(52-42(60)33(46-6)18-27-21-47-31-14-9-7-12-29(27)31)44(62)51-35(20-38(57)58)41(59)49-23-37(56)50-34(19-28-22-48-32-15-10-8-13-30(28)32)43(61)53-40(25(3)4)45(63)54-17-11-16-36(54)26(5)55/h7-10,12-15,21-22,24,33-36,39-40,46-48H,3,11,16-20,23H2,1-2,4-6H3,(H,49,59)(H,50,56)(H,51,62)(H,52,60)(H,53,61)(H,57,58)/t33-,34-,35-,36-,39-,40-/m0/s1. The Hall–Kier alpha value is -6.82. The molecule has 6 atom stereocenters. The lowest BCUT2D eigenvalue weighted by atomic mass is 10.00. The van der Waals surface area contributed by atoms with Crippen LogP contribution in [0.2, 0.25) is 0 Å². The highest BCUT2D eigenvalue weighted by Gasteiger charge is 2.38. The number of carbonyl (C=O) groups is 8. The van der Waals surface area contributed by atoms with Gasteiger partial charge in [0.2, 0.25) is 35.4 Å². The van der Waals surface area contributed by atoms with Crippen molar-refractivity contribution in [2.24, 2.45) is 5.92 Å². The number of ketones is 1. The van der Waals surface area contributed by atoms with Gasteiger partial charge >= 0.3 is 5.97 Å². The third-order valence-corrected chi connectivity index (χ3v) is 11.2. The van der Waals surface area contributed by atoms with Crippen LogP contribution in [0.15, 0.2) is 73.1 Å². The third kappa shape index (κ3) is 12.0. The largest absolute Gasteiger partial charge is 0.481 e. The van der Waals surface area contributed by atoms with Crippen molar-refractivity contribution in [1.29, 1.82) is 0 Å². The second kappa shape index (κ2) is 21.3. The van der Waals surface area contributed by atoms with E-state index in [2.05, 4.69) is 48.4 Å². The molecular formula is C45H57N9O9. The molecule has 0 saturated carbocycles. The lowest BCUT2D eigenvalue weighted by molar-refractivity contribution is -0.141. The Balaban J connectivity index is 1.26. The van der Waals surface area contributed by atoms with Crippen LogP contribution in [0.1, 0.15) is 58.1 Å². The molecule has 4 aromatic rings. The summed E-state index contributed by atoms with van der Waals surface area (Å²) in [7, 11) is 1.62. The topological polar surface area (TPSA) is 264 Å². The number of aromatic amines is 2. The normalized spacial score (nSPS) is 16.1. The second-order valence-corrected chi connectivity index (χ2v) is 16.3. The van der Waals surface area contributed by atoms with Gasteiger partial charge in [-0.05, 0) is 74.9 Å². The van der Waals surface area contributed by atoms with Crippen LogP contribution in [0, 0.1) is 5.92 Å². The Morgan fingerprint density at radius 2 is 1.33 bits per heavy atom. The highest BCUT2D eigenvalue weighted by molar-refractivity contribution is 5.98. The van der Waals surface area contributed by atoms with E-state index >= 15 is 0 Å². The van der Waals surface area contributed by atoms with Crippen molar-refractivity contribution in [2.45, 2.75) is 96.1 Å². The highest BCUT2D eigenvalue weighted by Crippen LogP contribution is 2.23. The van der Waals surface area contributed by atoms with Crippen molar-refractivity contribution in [3.63, 3.8) is 0 Å². The van der Waals surface area contributed by atoms with Gasteiger partial charge in [-0.1, -0.05) is 56.8 Å². The van der Waals surface area contributed by atoms with E-state index in [1.165, 1.54) is 11.8 Å². The maximum atomic E-state index is 14.0. The minimum Gasteiger partial charge on any atom is -0.481 e. The summed E-state index contributed by atoms with van der Waals surface area (Å²) in [6, 6.07) is 8.28. The van der Waals surface area contributed by atoms with Gasteiger partial charge in [-0.3, -0.25) is 38.4 Å². The number of para-hydroxylation sites is 2. The summed E-state index contributed by atoms with van der Waals surface area (Å²) in [6.45, 7) is 9.85. The second-order valence-electron chi connectivity index (χ2n) is 16.3. The van der Waals surface area contributed by atoms with Gasteiger partial charge in [0.1, 0.15) is 24.2 Å². The smallest absolute Gasteiger partial charge is 0.305 e. The fourth-order valence-electron chi connectivity index (χ4n) is 7.80. The van der Waals surface area contributed by atoms with Crippen LogP contribution in [0.5, 0.6) is 0 Å². The fourth-order valence-corrected chi connectivity index (χ4v) is 7.80. The minimum absolute atomic E-state index is 0.0391. The Morgan fingerprint density at radius 3 is 1.87 bits per heavy atom. The van der Waals surface area contributed by atoms with Gasteiger partial charge in [0.05, 0.1) is 25.0 Å². The number of carboxylic acid groups (broad SMARTS) is 1. The number of H-pyrrole nitrogens is 2. The van der Waals surface area contributed by atoms with Crippen LogP contribution in [-0.4, -0.2) is 124 Å². The summed E-state index contributed by atoms with van der Waals surface area (Å²) in [5.74, 6) is -6.45. The molecule has 0 unspecified atom stereocenters. The lowest BCUT2D eigenvalue weighted by Gasteiger charge is -2.29. The van der Waals surface area contributed by atoms with Crippen molar-refractivity contribution in [1.82, 2.24) is 46.8 Å². The maximum absolute atomic E-state index is 14.0. The summed E-state index contributed by atoms with van der Waals surface area (Å²) < 4.78 is 0.